The number of ketones is 2. The number of piperazine rings is 1. The number of carbonyl (C=O) groups is 5. The van der Waals surface area contributed by atoms with E-state index in [9.17, 15) is 29.1 Å². The molecule has 0 aromatic carbocycles. The molecule has 11 heteroatoms. The van der Waals surface area contributed by atoms with Crippen molar-refractivity contribution in [3.05, 3.63) is 47.6 Å². The van der Waals surface area contributed by atoms with E-state index in [0.29, 0.717) is 25.1 Å². The van der Waals surface area contributed by atoms with Crippen LogP contribution >= 0.6 is 0 Å². The highest BCUT2D eigenvalue weighted by molar-refractivity contribution is 6.35. The first-order valence-corrected chi connectivity index (χ1v) is 14.3. The Hall–Kier alpha value is -3.57. The van der Waals surface area contributed by atoms with Crippen LogP contribution in [0.15, 0.2) is 47.6 Å². The third-order valence-electron chi connectivity index (χ3n) is 8.14. The highest BCUT2D eigenvalue weighted by Crippen LogP contribution is 2.38. The summed E-state index contributed by atoms with van der Waals surface area (Å²) in [5.74, 6) is -3.83. The monoisotopic (exact) mass is 585 g/mol. The number of nitrogens with one attached hydrogen (secondary N) is 1. The Balaban J connectivity index is 2.01. The van der Waals surface area contributed by atoms with Crippen molar-refractivity contribution < 1.29 is 38.6 Å². The lowest BCUT2D eigenvalue weighted by Gasteiger charge is -2.42. The molecular formula is C31H43N3O8. The van der Waals surface area contributed by atoms with Gasteiger partial charge in [0.25, 0.3) is 5.91 Å². The first kappa shape index (κ1) is 32.9. The van der Waals surface area contributed by atoms with Crippen molar-refractivity contribution in [1.82, 2.24) is 15.1 Å². The number of nitrogens with zero attached hydrogens (tertiary/aromatic N) is 2. The van der Waals surface area contributed by atoms with Gasteiger partial charge in [-0.1, -0.05) is 48.5 Å². The highest BCUT2D eigenvalue weighted by Gasteiger charge is 2.56. The van der Waals surface area contributed by atoms with Crippen LogP contribution in [0, 0.1) is 11.3 Å². The van der Waals surface area contributed by atoms with Gasteiger partial charge in [0.05, 0.1) is 18.1 Å². The summed E-state index contributed by atoms with van der Waals surface area (Å²) in [6.45, 7) is 10.3. The Kier molecular flexibility index (Phi) is 11.0. The summed E-state index contributed by atoms with van der Waals surface area (Å²) < 4.78 is 11.5. The van der Waals surface area contributed by atoms with Crippen molar-refractivity contribution in [2.75, 3.05) is 33.2 Å². The molecule has 2 bridgehead atoms. The predicted octanol–water partition coefficient (Wildman–Crippen LogP) is 2.11. The van der Waals surface area contributed by atoms with Gasteiger partial charge in [-0.3, -0.25) is 19.2 Å². The molecule has 4 rings (SSSR count). The lowest BCUT2D eigenvalue weighted by atomic mass is 9.69. The molecule has 0 saturated carbocycles. The molecule has 2 N–H and O–H groups in total. The quantitative estimate of drug-likeness (QED) is 0.289. The molecule has 3 heterocycles. The van der Waals surface area contributed by atoms with E-state index in [4.69, 9.17) is 9.47 Å². The number of esters is 1. The van der Waals surface area contributed by atoms with Gasteiger partial charge in [-0.15, -0.1) is 0 Å². The highest BCUT2D eigenvalue weighted by atomic mass is 16.6. The minimum Gasteiger partial charge on any atom is -0.461 e. The minimum absolute atomic E-state index is 0.00463. The molecule has 0 radical (unpaired) electrons. The van der Waals surface area contributed by atoms with E-state index in [2.05, 4.69) is 10.2 Å². The fourth-order valence-electron chi connectivity index (χ4n) is 5.12. The zero-order chi connectivity index (χ0) is 31.2. The summed E-state index contributed by atoms with van der Waals surface area (Å²) in [4.78, 5) is 68.1. The van der Waals surface area contributed by atoms with Crippen molar-refractivity contribution in [1.29, 1.82) is 0 Å². The third-order valence-corrected chi connectivity index (χ3v) is 8.14. The number of carbonyl (C=O) groups excluding carboxylic acids is 5. The Morgan fingerprint density at radius 1 is 1.07 bits per heavy atom. The molecule has 2 saturated heterocycles. The molecule has 1 aliphatic carbocycles. The van der Waals surface area contributed by atoms with Crippen molar-refractivity contribution in [2.24, 2.45) is 11.3 Å². The molecule has 230 valence electrons. The van der Waals surface area contributed by atoms with E-state index in [1.54, 1.807) is 43.1 Å². The summed E-state index contributed by atoms with van der Waals surface area (Å²) in [6, 6.07) is -1.20. The number of fused-ring (bicyclic) bond motifs is 10. The van der Waals surface area contributed by atoms with Crippen molar-refractivity contribution in [3.8, 4) is 0 Å². The van der Waals surface area contributed by atoms with Gasteiger partial charge in [0.15, 0.2) is 5.78 Å². The van der Waals surface area contributed by atoms with Gasteiger partial charge >= 0.3 is 12.1 Å². The van der Waals surface area contributed by atoms with Gasteiger partial charge in [0, 0.05) is 45.9 Å². The maximum absolute atomic E-state index is 13.7. The first-order valence-electron chi connectivity index (χ1n) is 14.3. The topological polar surface area (TPSA) is 143 Å². The van der Waals surface area contributed by atoms with E-state index >= 15 is 0 Å². The van der Waals surface area contributed by atoms with Crippen molar-refractivity contribution in [3.63, 3.8) is 0 Å². The molecule has 2 fully saturated rings. The SMILES string of the molecule is CC(=O)C(=O)N[C@@H]1/C=C(C)\C=C/[C@@H](OC(=O)N2CCN(C)CC2)C/C=C(C)\C=C/[C@@H](O)C[C@H]2OC(=O)[C@]1(C)C(=O)[C@@H]2C. The summed E-state index contributed by atoms with van der Waals surface area (Å²) in [5, 5.41) is 13.2. The molecular weight excluding hydrogens is 542 g/mol. The van der Waals surface area contributed by atoms with Crippen LogP contribution in [0.2, 0.25) is 0 Å². The fourth-order valence-corrected chi connectivity index (χ4v) is 5.12. The third kappa shape index (κ3) is 8.04. The normalized spacial score (nSPS) is 35.5. The maximum Gasteiger partial charge on any atom is 0.410 e. The summed E-state index contributed by atoms with van der Waals surface area (Å²) in [7, 11) is 1.99. The molecule has 11 nitrogen and oxygen atoms in total. The standard InChI is InChI=1S/C31H43N3O8/c1-19-7-10-23(36)18-25-21(3)27(37)31(5,29(39)42-25)26(32-28(38)22(4)35)17-20(2)9-12-24(11-8-19)41-30(40)34-15-13-33(6)14-16-34/h7-10,12,17,21,23-26,36H,11,13-16,18H2,1-6H3,(H,32,38)/b10-7-,12-9-,19-8-,20-17-/t21-,23-,24+,25-,26-,31+/m1/s1. The van der Waals surface area contributed by atoms with Crippen LogP contribution < -0.4 is 5.32 Å². The van der Waals surface area contributed by atoms with Crippen LogP contribution in [-0.2, 0) is 28.7 Å². The number of hydrogen-bond acceptors (Lipinski definition) is 9. The minimum atomic E-state index is -1.82. The van der Waals surface area contributed by atoms with Crippen LogP contribution in [0.4, 0.5) is 4.79 Å². The lowest BCUT2D eigenvalue weighted by molar-refractivity contribution is -0.181. The molecule has 0 spiro atoms. The zero-order valence-electron chi connectivity index (χ0n) is 25.3. The fraction of sp³-hybridized carbons (Fsp3) is 0.581. The second kappa shape index (κ2) is 14.1. The molecule has 6 atom stereocenters. The molecule has 4 aliphatic rings. The molecule has 2 amide bonds. The van der Waals surface area contributed by atoms with E-state index in [1.165, 1.54) is 13.0 Å². The van der Waals surface area contributed by atoms with Gasteiger partial charge in [0.2, 0.25) is 5.78 Å². The van der Waals surface area contributed by atoms with Crippen LogP contribution in [0.3, 0.4) is 0 Å². The maximum atomic E-state index is 13.7. The van der Waals surface area contributed by atoms with Gasteiger partial charge in [-0.05, 0) is 33.9 Å². The largest absolute Gasteiger partial charge is 0.461 e. The Morgan fingerprint density at radius 2 is 1.71 bits per heavy atom. The smallest absolute Gasteiger partial charge is 0.410 e. The van der Waals surface area contributed by atoms with E-state index in [-0.39, 0.29) is 6.42 Å². The molecule has 0 aromatic heterocycles. The van der Waals surface area contributed by atoms with Gasteiger partial charge in [-0.2, -0.15) is 0 Å². The number of aliphatic hydroxyl groups excluding tert-OH is 1. The van der Waals surface area contributed by atoms with Crippen LogP contribution in [0.25, 0.3) is 0 Å². The Labute approximate surface area is 247 Å². The molecule has 0 unspecified atom stereocenters. The Bertz CT molecular complexity index is 1200. The number of Topliss-reactive ketones (excluding diaryl/α,β-unsaturated/α-hetero) is 2. The number of rotatable bonds is 3. The summed E-state index contributed by atoms with van der Waals surface area (Å²) in [6.07, 6.45) is 7.51. The predicted molar refractivity (Wildman–Crippen MR) is 155 cm³/mol. The Morgan fingerprint density at radius 3 is 2.36 bits per heavy atom. The number of ether oxygens (including phenoxy) is 2. The number of amides is 2. The summed E-state index contributed by atoms with van der Waals surface area (Å²) in [5.41, 5.74) is -0.443. The van der Waals surface area contributed by atoms with E-state index < -0.39 is 65.2 Å². The zero-order valence-corrected chi connectivity index (χ0v) is 25.3. The average Bonchev–Trinajstić information content (AvgIpc) is 2.94. The molecule has 42 heavy (non-hydrogen) atoms. The molecule has 3 aliphatic heterocycles. The van der Waals surface area contributed by atoms with Gasteiger partial charge in [-0.25, -0.2) is 4.79 Å². The second-order valence-corrected chi connectivity index (χ2v) is 11.6. The number of allylic oxidation sites excluding steroid dienone is 4. The number of likely N-dealkylation sites (N-methyl/N-ethyl adjacent to an activating group) is 1. The van der Waals surface area contributed by atoms with Crippen molar-refractivity contribution >= 4 is 29.5 Å². The summed E-state index contributed by atoms with van der Waals surface area (Å²) >= 11 is 0. The van der Waals surface area contributed by atoms with Gasteiger partial charge < -0.3 is 29.7 Å². The van der Waals surface area contributed by atoms with E-state index in [1.807, 2.05) is 20.0 Å². The number of hydrogen-bond donors (Lipinski definition) is 2. The van der Waals surface area contributed by atoms with Crippen LogP contribution in [0.5, 0.6) is 0 Å². The van der Waals surface area contributed by atoms with Crippen LogP contribution in [0.1, 0.15) is 47.5 Å². The van der Waals surface area contributed by atoms with Crippen LogP contribution in [-0.4, -0.2) is 102 Å². The average molecular weight is 586 g/mol. The lowest BCUT2D eigenvalue weighted by Crippen LogP contribution is -2.61. The second-order valence-electron chi connectivity index (χ2n) is 11.6. The number of aliphatic hydroxyl groups is 1. The van der Waals surface area contributed by atoms with Crippen molar-refractivity contribution in [2.45, 2.75) is 71.8 Å². The van der Waals surface area contributed by atoms with E-state index in [0.717, 1.165) is 25.6 Å². The first-order chi connectivity index (χ1) is 19.7. The van der Waals surface area contributed by atoms with Gasteiger partial charge in [0.1, 0.15) is 17.6 Å². The molecule has 0 aromatic rings.